The summed E-state index contributed by atoms with van der Waals surface area (Å²) in [7, 11) is 0. The molecule has 0 spiro atoms. The Morgan fingerprint density at radius 2 is 2.16 bits per heavy atom. The predicted molar refractivity (Wildman–Crippen MR) is 66.4 cm³/mol. The Bertz CT molecular complexity index is 405. The van der Waals surface area contributed by atoms with E-state index in [0.29, 0.717) is 13.2 Å². The van der Waals surface area contributed by atoms with Gasteiger partial charge in [-0.1, -0.05) is 13.8 Å². The Hall–Kier alpha value is -1.30. The number of hydrogen-bond acceptors (Lipinski definition) is 4. The van der Waals surface area contributed by atoms with Crippen molar-refractivity contribution in [2.75, 3.05) is 13.2 Å². The van der Waals surface area contributed by atoms with E-state index in [9.17, 15) is 9.59 Å². The van der Waals surface area contributed by atoms with E-state index in [1.54, 1.807) is 0 Å². The number of alkyl carbamates (subject to hydrolysis) is 1. The summed E-state index contributed by atoms with van der Waals surface area (Å²) >= 11 is 0. The molecule has 2 N–H and O–H groups in total. The number of fused-ring (bicyclic) bond motifs is 2. The normalized spacial score (nSPS) is 35.3. The molecule has 2 amide bonds. The lowest BCUT2D eigenvalue weighted by Crippen LogP contribution is -2.59. The molecule has 2 heterocycles. The summed E-state index contributed by atoms with van der Waals surface area (Å²) in [5.74, 6) is 0.269. The standard InChI is InChI=1S/C13H20N2O4/c1-7(2)13(5-18-6-13)11(16)15-9-3-8-4-10(9)19-12(17)14-8/h7-10H,3-6H2,1-2H3,(H,14,17)(H,15,16)/t8-,9-,10-/m1/s1. The molecule has 6 heteroatoms. The largest absolute Gasteiger partial charge is 0.444 e. The van der Waals surface area contributed by atoms with Crippen molar-refractivity contribution in [1.29, 1.82) is 0 Å². The fourth-order valence-electron chi connectivity index (χ4n) is 3.10. The highest BCUT2D eigenvalue weighted by atomic mass is 16.6. The first-order valence-corrected chi connectivity index (χ1v) is 6.87. The SMILES string of the molecule is CC(C)C1(C(=O)N[C@@H]2C[C@@H]3C[C@H]2OC(=O)N3)COC1. The van der Waals surface area contributed by atoms with Crippen LogP contribution in [0.1, 0.15) is 26.7 Å². The third-order valence-corrected chi connectivity index (χ3v) is 4.68. The van der Waals surface area contributed by atoms with Gasteiger partial charge < -0.3 is 20.1 Å². The topological polar surface area (TPSA) is 76.7 Å². The van der Waals surface area contributed by atoms with E-state index in [0.717, 1.165) is 12.8 Å². The summed E-state index contributed by atoms with van der Waals surface area (Å²) in [5, 5.41) is 5.82. The van der Waals surface area contributed by atoms with Crippen LogP contribution in [0.25, 0.3) is 0 Å². The highest BCUT2D eigenvalue weighted by molar-refractivity contribution is 5.84. The highest BCUT2D eigenvalue weighted by Crippen LogP contribution is 2.37. The molecule has 0 aromatic heterocycles. The zero-order valence-electron chi connectivity index (χ0n) is 11.3. The third kappa shape index (κ3) is 1.98. The number of ether oxygens (including phenoxy) is 2. The van der Waals surface area contributed by atoms with Crippen molar-refractivity contribution >= 4 is 12.0 Å². The maximum atomic E-state index is 12.5. The van der Waals surface area contributed by atoms with Gasteiger partial charge in [0.15, 0.2) is 0 Å². The molecule has 3 aliphatic rings. The van der Waals surface area contributed by atoms with E-state index in [4.69, 9.17) is 9.47 Å². The van der Waals surface area contributed by atoms with Crippen LogP contribution in [0, 0.1) is 11.3 Å². The van der Waals surface area contributed by atoms with Crippen molar-refractivity contribution in [3.63, 3.8) is 0 Å². The monoisotopic (exact) mass is 268 g/mol. The van der Waals surface area contributed by atoms with Crippen LogP contribution < -0.4 is 10.6 Å². The maximum absolute atomic E-state index is 12.5. The molecule has 3 atom stereocenters. The average molecular weight is 268 g/mol. The minimum atomic E-state index is -0.409. The van der Waals surface area contributed by atoms with Crippen LogP contribution in [0.15, 0.2) is 0 Å². The summed E-state index contributed by atoms with van der Waals surface area (Å²) in [5.41, 5.74) is -0.409. The Morgan fingerprint density at radius 3 is 2.74 bits per heavy atom. The molecule has 106 valence electrons. The van der Waals surface area contributed by atoms with Gasteiger partial charge in [0.1, 0.15) is 6.10 Å². The molecule has 2 saturated heterocycles. The Balaban J connectivity index is 1.66. The number of hydrogen-bond donors (Lipinski definition) is 2. The molecule has 3 fully saturated rings. The lowest BCUT2D eigenvalue weighted by molar-refractivity contribution is -0.173. The van der Waals surface area contributed by atoms with E-state index in [1.165, 1.54) is 0 Å². The molecule has 19 heavy (non-hydrogen) atoms. The summed E-state index contributed by atoms with van der Waals surface area (Å²) in [6.07, 6.45) is 0.968. The van der Waals surface area contributed by atoms with Gasteiger partial charge in [0.05, 0.1) is 24.7 Å². The van der Waals surface area contributed by atoms with Gasteiger partial charge in [-0.3, -0.25) is 4.79 Å². The van der Waals surface area contributed by atoms with Gasteiger partial charge in [0.25, 0.3) is 0 Å². The van der Waals surface area contributed by atoms with E-state index >= 15 is 0 Å². The van der Waals surface area contributed by atoms with Gasteiger partial charge in [-0.15, -0.1) is 0 Å². The van der Waals surface area contributed by atoms with Gasteiger partial charge in [-0.25, -0.2) is 4.79 Å². The van der Waals surface area contributed by atoms with Crippen LogP contribution in [0.5, 0.6) is 0 Å². The number of nitrogens with one attached hydrogen (secondary N) is 2. The molecular weight excluding hydrogens is 248 g/mol. The minimum Gasteiger partial charge on any atom is -0.444 e. The van der Waals surface area contributed by atoms with Crippen LogP contribution in [0.4, 0.5) is 4.79 Å². The van der Waals surface area contributed by atoms with Crippen molar-refractivity contribution in [2.45, 2.75) is 44.9 Å². The number of rotatable bonds is 3. The zero-order chi connectivity index (χ0) is 13.6. The molecule has 1 saturated carbocycles. The molecule has 6 nitrogen and oxygen atoms in total. The number of carbonyl (C=O) groups excluding carboxylic acids is 2. The fourth-order valence-corrected chi connectivity index (χ4v) is 3.10. The average Bonchev–Trinajstić information content (AvgIpc) is 2.51. The highest BCUT2D eigenvalue weighted by Gasteiger charge is 2.51. The van der Waals surface area contributed by atoms with E-state index in [1.807, 2.05) is 13.8 Å². The lowest BCUT2D eigenvalue weighted by Gasteiger charge is -2.43. The van der Waals surface area contributed by atoms with Crippen LogP contribution in [0.2, 0.25) is 0 Å². The number of amides is 2. The lowest BCUT2D eigenvalue weighted by atomic mass is 9.74. The quantitative estimate of drug-likeness (QED) is 0.777. The van der Waals surface area contributed by atoms with E-state index < -0.39 is 5.41 Å². The van der Waals surface area contributed by atoms with E-state index in [2.05, 4.69) is 10.6 Å². The van der Waals surface area contributed by atoms with Gasteiger partial charge in [-0.05, 0) is 12.3 Å². The Kier molecular flexibility index (Phi) is 2.92. The second kappa shape index (κ2) is 4.37. The van der Waals surface area contributed by atoms with Crippen molar-refractivity contribution in [1.82, 2.24) is 10.6 Å². The third-order valence-electron chi connectivity index (χ3n) is 4.68. The number of carbonyl (C=O) groups is 2. The Morgan fingerprint density at radius 1 is 1.42 bits per heavy atom. The van der Waals surface area contributed by atoms with Gasteiger partial charge in [0, 0.05) is 12.5 Å². The summed E-state index contributed by atoms with van der Waals surface area (Å²) in [6.45, 7) is 5.04. The van der Waals surface area contributed by atoms with Gasteiger partial charge in [0.2, 0.25) is 5.91 Å². The van der Waals surface area contributed by atoms with Crippen LogP contribution in [-0.4, -0.2) is 43.4 Å². The smallest absolute Gasteiger partial charge is 0.407 e. The first-order chi connectivity index (χ1) is 9.01. The van der Waals surface area contributed by atoms with Crippen LogP contribution in [-0.2, 0) is 14.3 Å². The minimum absolute atomic E-state index is 0.0300. The molecule has 3 rings (SSSR count). The van der Waals surface area contributed by atoms with Gasteiger partial charge in [-0.2, -0.15) is 0 Å². The van der Waals surface area contributed by atoms with E-state index in [-0.39, 0.29) is 36.1 Å². The second-order valence-electron chi connectivity index (χ2n) is 6.14. The summed E-state index contributed by atoms with van der Waals surface area (Å²) < 4.78 is 10.4. The Labute approximate surface area is 112 Å². The molecule has 2 aliphatic heterocycles. The molecule has 0 radical (unpaired) electrons. The van der Waals surface area contributed by atoms with Crippen molar-refractivity contribution in [3.05, 3.63) is 0 Å². The van der Waals surface area contributed by atoms with Crippen LogP contribution >= 0.6 is 0 Å². The maximum Gasteiger partial charge on any atom is 0.407 e. The molecule has 1 aliphatic carbocycles. The van der Waals surface area contributed by atoms with Crippen LogP contribution in [0.3, 0.4) is 0 Å². The van der Waals surface area contributed by atoms with Crippen molar-refractivity contribution in [3.8, 4) is 0 Å². The summed E-state index contributed by atoms with van der Waals surface area (Å²) in [4.78, 5) is 23.7. The molecule has 2 bridgehead atoms. The van der Waals surface area contributed by atoms with Crippen molar-refractivity contribution in [2.24, 2.45) is 11.3 Å². The predicted octanol–water partition coefficient (Wildman–Crippen LogP) is 0.415. The zero-order valence-corrected chi connectivity index (χ0v) is 11.3. The van der Waals surface area contributed by atoms with Crippen molar-refractivity contribution < 1.29 is 19.1 Å². The molecule has 0 unspecified atom stereocenters. The molecular formula is C13H20N2O4. The first kappa shape index (κ1) is 12.7. The first-order valence-electron chi connectivity index (χ1n) is 6.87. The molecule has 0 aromatic rings. The fraction of sp³-hybridized carbons (Fsp3) is 0.846. The second-order valence-corrected chi connectivity index (χ2v) is 6.14. The van der Waals surface area contributed by atoms with Gasteiger partial charge >= 0.3 is 6.09 Å². The molecule has 0 aromatic carbocycles. The summed E-state index contributed by atoms with van der Waals surface area (Å²) in [6, 6.07) is 0.0527.